The quantitative estimate of drug-likeness (QED) is 0.566. The van der Waals surface area contributed by atoms with E-state index >= 15 is 0 Å². The Bertz CT molecular complexity index is 905. The summed E-state index contributed by atoms with van der Waals surface area (Å²) in [6.07, 6.45) is 0. The Kier molecular flexibility index (Phi) is 6.71. The van der Waals surface area contributed by atoms with E-state index in [9.17, 15) is 4.79 Å². The third-order valence-electron chi connectivity index (χ3n) is 5.07. The van der Waals surface area contributed by atoms with Crippen molar-refractivity contribution in [2.45, 2.75) is 19.5 Å². The summed E-state index contributed by atoms with van der Waals surface area (Å²) in [6.45, 7) is 6.89. The van der Waals surface area contributed by atoms with Crippen molar-refractivity contribution in [3.63, 3.8) is 0 Å². The maximum Gasteiger partial charge on any atom is 0.273 e. The van der Waals surface area contributed by atoms with Crippen molar-refractivity contribution in [1.82, 2.24) is 14.8 Å². The summed E-state index contributed by atoms with van der Waals surface area (Å²) in [7, 11) is 0. The second-order valence-electron chi connectivity index (χ2n) is 7.20. The predicted octanol–water partition coefficient (Wildman–Crippen LogP) is 4.23. The number of amides is 1. The molecule has 3 aromatic rings. The number of ether oxygens (including phenoxy) is 1. The van der Waals surface area contributed by atoms with Crippen LogP contribution < -0.4 is 0 Å². The van der Waals surface area contributed by atoms with Gasteiger partial charge in [-0.3, -0.25) is 9.69 Å². The molecule has 1 amide bonds. The minimum atomic E-state index is -0.00586. The number of hydrogen-bond donors (Lipinski definition) is 0. The topological polar surface area (TPSA) is 45.7 Å². The number of nitrogens with zero attached hydrogens (tertiary/aromatic N) is 3. The van der Waals surface area contributed by atoms with Crippen LogP contribution in [0.3, 0.4) is 0 Å². The summed E-state index contributed by atoms with van der Waals surface area (Å²) in [6, 6.07) is 14.3. The fourth-order valence-electron chi connectivity index (χ4n) is 3.50. The average molecular weight is 428 g/mol. The molecule has 1 aromatic carbocycles. The Hall–Kier alpha value is -2.06. The molecule has 7 heteroatoms. The molecule has 1 unspecified atom stereocenters. The number of thiazole rings is 1. The number of aromatic nitrogens is 1. The molecule has 152 valence electrons. The van der Waals surface area contributed by atoms with Crippen molar-refractivity contribution in [3.8, 4) is 9.88 Å². The number of carbonyl (C=O) groups is 1. The maximum absolute atomic E-state index is 13.4. The minimum absolute atomic E-state index is 0.00586. The number of rotatable bonds is 7. The zero-order valence-electron chi connectivity index (χ0n) is 16.5. The Morgan fingerprint density at radius 1 is 1.17 bits per heavy atom. The highest BCUT2D eigenvalue weighted by Crippen LogP contribution is 2.28. The third-order valence-corrected chi connectivity index (χ3v) is 6.95. The molecule has 4 rings (SSSR count). The fourth-order valence-corrected chi connectivity index (χ4v) is 5.10. The molecule has 1 fully saturated rings. The van der Waals surface area contributed by atoms with Crippen LogP contribution >= 0.6 is 22.7 Å². The zero-order valence-corrected chi connectivity index (χ0v) is 18.1. The molecule has 3 heterocycles. The summed E-state index contributed by atoms with van der Waals surface area (Å²) in [4.78, 5) is 23.5. The van der Waals surface area contributed by atoms with Gasteiger partial charge < -0.3 is 9.64 Å². The van der Waals surface area contributed by atoms with Gasteiger partial charge in [-0.25, -0.2) is 4.98 Å². The summed E-state index contributed by atoms with van der Waals surface area (Å²) in [5.41, 5.74) is 1.66. The van der Waals surface area contributed by atoms with E-state index in [1.807, 2.05) is 46.0 Å². The van der Waals surface area contributed by atoms with Crippen molar-refractivity contribution >= 4 is 28.6 Å². The Labute approximate surface area is 179 Å². The minimum Gasteiger partial charge on any atom is -0.379 e. The molecule has 29 heavy (non-hydrogen) atoms. The lowest BCUT2D eigenvalue weighted by Gasteiger charge is -2.35. The van der Waals surface area contributed by atoms with Gasteiger partial charge >= 0.3 is 0 Å². The van der Waals surface area contributed by atoms with Gasteiger partial charge in [-0.05, 0) is 23.9 Å². The smallest absolute Gasteiger partial charge is 0.273 e. The summed E-state index contributed by atoms with van der Waals surface area (Å²) < 4.78 is 5.46. The van der Waals surface area contributed by atoms with Crippen LogP contribution in [0.4, 0.5) is 0 Å². The van der Waals surface area contributed by atoms with Gasteiger partial charge in [0.05, 0.1) is 18.1 Å². The molecule has 1 aliphatic heterocycles. The lowest BCUT2D eigenvalue weighted by atomic mass is 10.1. The van der Waals surface area contributed by atoms with Crippen molar-refractivity contribution < 1.29 is 9.53 Å². The number of carbonyl (C=O) groups excluding carboxylic acids is 1. The molecule has 5 nitrogen and oxygen atoms in total. The van der Waals surface area contributed by atoms with Crippen molar-refractivity contribution in [1.29, 1.82) is 0 Å². The third kappa shape index (κ3) is 5.11. The SMILES string of the molecule is CC(CN1CCOCC1)N(Cc1ccccc1)C(=O)c1csc(-c2cccs2)n1. The first kappa shape index (κ1) is 20.2. The fraction of sp³-hybridized carbons (Fsp3) is 0.364. The van der Waals surface area contributed by atoms with Crippen LogP contribution in [0.1, 0.15) is 23.0 Å². The Morgan fingerprint density at radius 2 is 1.97 bits per heavy atom. The van der Waals surface area contributed by atoms with Crippen LogP contribution in [0.5, 0.6) is 0 Å². The van der Waals surface area contributed by atoms with Crippen LogP contribution in [0.15, 0.2) is 53.2 Å². The van der Waals surface area contributed by atoms with Gasteiger partial charge in [0.15, 0.2) is 0 Å². The monoisotopic (exact) mass is 427 g/mol. The zero-order chi connectivity index (χ0) is 20.1. The van der Waals surface area contributed by atoms with Gasteiger partial charge in [0, 0.05) is 37.6 Å². The van der Waals surface area contributed by atoms with E-state index in [2.05, 4.69) is 28.9 Å². The summed E-state index contributed by atoms with van der Waals surface area (Å²) in [5.74, 6) is -0.00586. The van der Waals surface area contributed by atoms with Gasteiger partial charge in [-0.1, -0.05) is 36.4 Å². The lowest BCUT2D eigenvalue weighted by molar-refractivity contribution is 0.0227. The number of thiophene rings is 1. The van der Waals surface area contributed by atoms with Crippen LogP contribution in [0.2, 0.25) is 0 Å². The molecular weight excluding hydrogens is 402 g/mol. The molecule has 0 N–H and O–H groups in total. The van der Waals surface area contributed by atoms with Gasteiger partial charge in [0.25, 0.3) is 5.91 Å². The molecule has 0 bridgehead atoms. The highest BCUT2D eigenvalue weighted by molar-refractivity contribution is 7.20. The molecule has 0 saturated carbocycles. The number of morpholine rings is 1. The molecule has 0 aliphatic carbocycles. The van der Waals surface area contributed by atoms with Gasteiger partial charge in [-0.15, -0.1) is 22.7 Å². The normalized spacial score (nSPS) is 15.9. The highest BCUT2D eigenvalue weighted by atomic mass is 32.1. The Morgan fingerprint density at radius 3 is 2.69 bits per heavy atom. The largest absolute Gasteiger partial charge is 0.379 e. The Balaban J connectivity index is 1.54. The van der Waals surface area contributed by atoms with E-state index in [0.29, 0.717) is 12.2 Å². The number of benzene rings is 1. The van der Waals surface area contributed by atoms with E-state index in [4.69, 9.17) is 4.74 Å². The second kappa shape index (κ2) is 9.63. The molecule has 2 aromatic heterocycles. The number of hydrogen-bond acceptors (Lipinski definition) is 6. The second-order valence-corrected chi connectivity index (χ2v) is 9.00. The van der Waals surface area contributed by atoms with Crippen LogP contribution in [0.25, 0.3) is 9.88 Å². The standard InChI is InChI=1S/C22H25N3O2S2/c1-17(14-24-9-11-27-12-10-24)25(15-18-6-3-2-4-7-18)22(26)19-16-29-21(23-19)20-8-5-13-28-20/h2-8,13,16-17H,9-12,14-15H2,1H3. The van der Waals surface area contributed by atoms with Crippen LogP contribution in [-0.4, -0.2) is 59.6 Å². The van der Waals surface area contributed by atoms with Gasteiger partial charge in [-0.2, -0.15) is 0 Å². The first-order chi connectivity index (χ1) is 14.2. The van der Waals surface area contributed by atoms with Gasteiger partial charge in [0.1, 0.15) is 10.7 Å². The van der Waals surface area contributed by atoms with E-state index in [-0.39, 0.29) is 11.9 Å². The van der Waals surface area contributed by atoms with Crippen molar-refractivity contribution in [2.75, 3.05) is 32.8 Å². The van der Waals surface area contributed by atoms with E-state index in [1.54, 1.807) is 11.3 Å². The van der Waals surface area contributed by atoms with E-state index < -0.39 is 0 Å². The van der Waals surface area contributed by atoms with E-state index in [0.717, 1.165) is 48.3 Å². The molecule has 0 radical (unpaired) electrons. The summed E-state index contributed by atoms with van der Waals surface area (Å²) >= 11 is 3.18. The molecule has 1 atom stereocenters. The van der Waals surface area contributed by atoms with E-state index in [1.165, 1.54) is 11.3 Å². The first-order valence-electron chi connectivity index (χ1n) is 9.85. The summed E-state index contributed by atoms with van der Waals surface area (Å²) in [5, 5.41) is 4.82. The van der Waals surface area contributed by atoms with Crippen LogP contribution in [0, 0.1) is 0 Å². The molecule has 0 spiro atoms. The molecular formula is C22H25N3O2S2. The molecule has 1 aliphatic rings. The maximum atomic E-state index is 13.4. The van der Waals surface area contributed by atoms with Crippen molar-refractivity contribution in [3.05, 3.63) is 64.5 Å². The lowest BCUT2D eigenvalue weighted by Crippen LogP contribution is -2.48. The molecule has 1 saturated heterocycles. The average Bonchev–Trinajstić information content (AvgIpc) is 3.45. The first-order valence-corrected chi connectivity index (χ1v) is 11.6. The predicted molar refractivity (Wildman–Crippen MR) is 118 cm³/mol. The highest BCUT2D eigenvalue weighted by Gasteiger charge is 2.26. The van der Waals surface area contributed by atoms with Crippen LogP contribution in [-0.2, 0) is 11.3 Å². The van der Waals surface area contributed by atoms with Gasteiger partial charge in [0.2, 0.25) is 0 Å². The van der Waals surface area contributed by atoms with Crippen molar-refractivity contribution in [2.24, 2.45) is 0 Å².